The molecule has 0 aliphatic carbocycles. The Kier molecular flexibility index (Phi) is 3.31. The first kappa shape index (κ1) is 14.3. The number of rotatable bonds is 1. The molecular formula is C17H25N3O2. The Morgan fingerprint density at radius 2 is 2.05 bits per heavy atom. The molecule has 4 atom stereocenters. The molecule has 5 heteroatoms. The van der Waals surface area contributed by atoms with Crippen LogP contribution in [0.4, 0.5) is 5.82 Å². The van der Waals surface area contributed by atoms with Crippen LogP contribution >= 0.6 is 0 Å². The summed E-state index contributed by atoms with van der Waals surface area (Å²) < 4.78 is 12.1. The summed E-state index contributed by atoms with van der Waals surface area (Å²) in [6, 6.07) is 2.75. The van der Waals surface area contributed by atoms with E-state index < -0.39 is 0 Å². The van der Waals surface area contributed by atoms with Gasteiger partial charge in [0.25, 0.3) is 0 Å². The van der Waals surface area contributed by atoms with E-state index in [9.17, 15) is 0 Å². The molecule has 0 bridgehead atoms. The zero-order valence-corrected chi connectivity index (χ0v) is 13.6. The number of morpholine rings is 1. The maximum absolute atomic E-state index is 6.24. The summed E-state index contributed by atoms with van der Waals surface area (Å²) >= 11 is 0. The molecule has 1 aromatic rings. The second-order valence-corrected chi connectivity index (χ2v) is 7.26. The van der Waals surface area contributed by atoms with Gasteiger partial charge >= 0.3 is 0 Å². The van der Waals surface area contributed by atoms with Crippen LogP contribution < -0.4 is 15.0 Å². The van der Waals surface area contributed by atoms with Crippen molar-refractivity contribution in [1.82, 2.24) is 10.3 Å². The Hall–Kier alpha value is -1.33. The summed E-state index contributed by atoms with van der Waals surface area (Å²) in [5, 5.41) is 3.50. The Morgan fingerprint density at radius 3 is 2.73 bits per heavy atom. The molecule has 120 valence electrons. The van der Waals surface area contributed by atoms with E-state index in [-0.39, 0.29) is 17.8 Å². The fraction of sp³-hybridized carbons (Fsp3) is 0.706. The van der Waals surface area contributed by atoms with Crippen molar-refractivity contribution in [2.24, 2.45) is 0 Å². The maximum Gasteiger partial charge on any atom is 0.142 e. The second kappa shape index (κ2) is 5.10. The minimum absolute atomic E-state index is 0.0480. The summed E-state index contributed by atoms with van der Waals surface area (Å²) in [4.78, 5) is 6.97. The van der Waals surface area contributed by atoms with Gasteiger partial charge in [-0.1, -0.05) is 0 Å². The zero-order valence-electron chi connectivity index (χ0n) is 13.6. The Labute approximate surface area is 132 Å². The number of anilines is 1. The van der Waals surface area contributed by atoms with Crippen molar-refractivity contribution in [2.75, 3.05) is 24.5 Å². The number of ether oxygens (including phenoxy) is 2. The van der Waals surface area contributed by atoms with Crippen molar-refractivity contribution >= 4 is 5.82 Å². The number of nitrogens with one attached hydrogen (secondary N) is 1. The quantitative estimate of drug-likeness (QED) is 0.856. The predicted molar refractivity (Wildman–Crippen MR) is 85.6 cm³/mol. The first-order valence-corrected chi connectivity index (χ1v) is 8.35. The summed E-state index contributed by atoms with van der Waals surface area (Å²) in [6.07, 6.45) is 4.48. The lowest BCUT2D eigenvalue weighted by molar-refractivity contribution is -0.00546. The van der Waals surface area contributed by atoms with Gasteiger partial charge in [0.05, 0.1) is 18.4 Å². The number of nitrogens with zero attached hydrogens (tertiary/aromatic N) is 2. The summed E-state index contributed by atoms with van der Waals surface area (Å²) in [6.45, 7) is 9.21. The lowest BCUT2D eigenvalue weighted by atomic mass is 9.95. The maximum atomic E-state index is 6.24. The van der Waals surface area contributed by atoms with E-state index in [2.05, 4.69) is 42.0 Å². The van der Waals surface area contributed by atoms with Crippen molar-refractivity contribution in [3.63, 3.8) is 0 Å². The molecule has 0 amide bonds. The molecule has 2 fully saturated rings. The van der Waals surface area contributed by atoms with Gasteiger partial charge in [0.1, 0.15) is 17.2 Å². The molecule has 4 heterocycles. The minimum atomic E-state index is -0.0480. The molecule has 2 saturated heterocycles. The van der Waals surface area contributed by atoms with Gasteiger partial charge in [-0.3, -0.25) is 0 Å². The molecule has 4 rings (SSSR count). The van der Waals surface area contributed by atoms with E-state index in [1.807, 2.05) is 6.20 Å². The topological polar surface area (TPSA) is 46.6 Å². The zero-order chi connectivity index (χ0) is 15.3. The first-order chi connectivity index (χ1) is 10.5. The molecule has 1 aromatic heterocycles. The van der Waals surface area contributed by atoms with Crippen LogP contribution in [0.1, 0.15) is 32.8 Å². The van der Waals surface area contributed by atoms with E-state index in [4.69, 9.17) is 9.47 Å². The molecule has 22 heavy (non-hydrogen) atoms. The predicted octanol–water partition coefficient (Wildman–Crippen LogP) is 1.75. The monoisotopic (exact) mass is 303 g/mol. The van der Waals surface area contributed by atoms with Crippen molar-refractivity contribution in [1.29, 1.82) is 0 Å². The van der Waals surface area contributed by atoms with Crippen molar-refractivity contribution in [2.45, 2.75) is 57.5 Å². The Morgan fingerprint density at radius 1 is 1.27 bits per heavy atom. The average Bonchev–Trinajstić information content (AvgIpc) is 2.99. The summed E-state index contributed by atoms with van der Waals surface area (Å²) in [5.41, 5.74) is 1.25. The third kappa shape index (κ3) is 2.46. The molecule has 0 saturated carbocycles. The van der Waals surface area contributed by atoms with E-state index >= 15 is 0 Å². The third-order valence-electron chi connectivity index (χ3n) is 4.97. The fourth-order valence-corrected chi connectivity index (χ4v) is 4.13. The van der Waals surface area contributed by atoms with Gasteiger partial charge in [-0.05, 0) is 26.8 Å². The molecule has 1 N–H and O–H groups in total. The standard InChI is InChI=1S/C17H25N3O2/c1-11-5-17(10-19-11)6-14-4-16(18-7-15(14)22-17)20-8-12(2)21-13(3)9-20/h4,7,11-13,19H,5-6,8-10H2,1-3H3/t11-,12-,13+,17-/m0/s1. The van der Waals surface area contributed by atoms with Gasteiger partial charge in [0, 0.05) is 44.1 Å². The molecule has 5 nitrogen and oxygen atoms in total. The van der Waals surface area contributed by atoms with Crippen molar-refractivity contribution in [3.05, 3.63) is 17.8 Å². The summed E-state index contributed by atoms with van der Waals surface area (Å²) in [5.74, 6) is 2.02. The van der Waals surface area contributed by atoms with E-state index in [0.29, 0.717) is 6.04 Å². The fourth-order valence-electron chi connectivity index (χ4n) is 4.13. The van der Waals surface area contributed by atoms with Crippen LogP contribution in [0.5, 0.6) is 5.75 Å². The van der Waals surface area contributed by atoms with Gasteiger partial charge < -0.3 is 19.7 Å². The molecular weight excluding hydrogens is 278 g/mol. The van der Waals surface area contributed by atoms with Crippen LogP contribution in [0.3, 0.4) is 0 Å². The first-order valence-electron chi connectivity index (χ1n) is 8.35. The second-order valence-electron chi connectivity index (χ2n) is 7.26. The van der Waals surface area contributed by atoms with Gasteiger partial charge in [0.15, 0.2) is 0 Å². The van der Waals surface area contributed by atoms with Crippen LogP contribution in [0, 0.1) is 0 Å². The number of hydrogen-bond donors (Lipinski definition) is 1. The minimum Gasteiger partial charge on any atom is -0.484 e. The number of hydrogen-bond acceptors (Lipinski definition) is 5. The normalized spacial score (nSPS) is 37.4. The summed E-state index contributed by atoms with van der Waals surface area (Å²) in [7, 11) is 0. The van der Waals surface area contributed by atoms with Gasteiger partial charge in [-0.2, -0.15) is 0 Å². The van der Waals surface area contributed by atoms with Crippen LogP contribution in [0.25, 0.3) is 0 Å². The van der Waals surface area contributed by atoms with Crippen molar-refractivity contribution < 1.29 is 9.47 Å². The number of pyridine rings is 1. The van der Waals surface area contributed by atoms with Gasteiger partial charge in [-0.15, -0.1) is 0 Å². The molecule has 3 aliphatic heterocycles. The number of fused-ring (bicyclic) bond motifs is 1. The van der Waals surface area contributed by atoms with Crippen LogP contribution in [-0.2, 0) is 11.2 Å². The van der Waals surface area contributed by atoms with Crippen LogP contribution in [-0.4, -0.2) is 48.5 Å². The molecule has 1 spiro atoms. The average molecular weight is 303 g/mol. The molecule has 3 aliphatic rings. The highest BCUT2D eigenvalue weighted by Crippen LogP contribution is 2.40. The molecule has 0 aromatic carbocycles. The largest absolute Gasteiger partial charge is 0.484 e. The van der Waals surface area contributed by atoms with Gasteiger partial charge in [-0.25, -0.2) is 4.98 Å². The van der Waals surface area contributed by atoms with Crippen molar-refractivity contribution in [3.8, 4) is 5.75 Å². The van der Waals surface area contributed by atoms with E-state index in [0.717, 1.165) is 44.0 Å². The lowest BCUT2D eigenvalue weighted by Gasteiger charge is -2.36. The highest BCUT2D eigenvalue weighted by molar-refractivity contribution is 5.49. The van der Waals surface area contributed by atoms with E-state index in [1.165, 1.54) is 5.56 Å². The third-order valence-corrected chi connectivity index (χ3v) is 4.97. The van der Waals surface area contributed by atoms with Crippen LogP contribution in [0.15, 0.2) is 12.3 Å². The molecule has 0 radical (unpaired) electrons. The SMILES string of the molecule is C[C@@H]1CN(c2cc3c(cn2)O[C@]2(CN[C@@H](C)C2)C3)C[C@H](C)O1. The van der Waals surface area contributed by atoms with E-state index in [1.54, 1.807) is 0 Å². The highest BCUT2D eigenvalue weighted by atomic mass is 16.5. The highest BCUT2D eigenvalue weighted by Gasteiger charge is 2.44. The lowest BCUT2D eigenvalue weighted by Crippen LogP contribution is -2.45. The Bertz CT molecular complexity index is 569. The van der Waals surface area contributed by atoms with Gasteiger partial charge in [0.2, 0.25) is 0 Å². The smallest absolute Gasteiger partial charge is 0.142 e. The van der Waals surface area contributed by atoms with Crippen LogP contribution in [0.2, 0.25) is 0 Å². The molecule has 0 unspecified atom stereocenters. The number of aromatic nitrogens is 1. The Balaban J connectivity index is 1.55.